The first-order valence-electron chi connectivity index (χ1n) is 7.84. The fraction of sp³-hybridized carbons (Fsp3) is 0.706. The van der Waals surface area contributed by atoms with E-state index in [0.717, 1.165) is 6.08 Å². The van der Waals surface area contributed by atoms with Gasteiger partial charge >= 0.3 is 12.1 Å². The fourth-order valence-corrected chi connectivity index (χ4v) is 2.05. The number of alkyl carbamates (subject to hydrolysis) is 1. The summed E-state index contributed by atoms with van der Waals surface area (Å²) in [4.78, 5) is 34.5. The van der Waals surface area contributed by atoms with Gasteiger partial charge in [-0.15, -0.1) is 0 Å². The molecule has 0 aromatic carbocycles. The number of hydrogen-bond donors (Lipinski definition) is 2. The molecule has 0 rings (SSSR count). The number of allylic oxidation sites excluding steroid dienone is 1. The Bertz CT molecular complexity index is 448. The molecule has 0 fully saturated rings. The van der Waals surface area contributed by atoms with Crippen LogP contribution in [0.15, 0.2) is 12.2 Å². The monoisotopic (exact) mass is 327 g/mol. The third-order valence-corrected chi connectivity index (χ3v) is 2.96. The predicted octanol–water partition coefficient (Wildman–Crippen LogP) is 3.16. The summed E-state index contributed by atoms with van der Waals surface area (Å²) >= 11 is 0. The number of carboxylic acids is 1. The van der Waals surface area contributed by atoms with Gasteiger partial charge in [0.25, 0.3) is 0 Å². The van der Waals surface area contributed by atoms with Gasteiger partial charge in [0, 0.05) is 12.5 Å². The molecule has 132 valence electrons. The molecule has 0 unspecified atom stereocenters. The molecule has 23 heavy (non-hydrogen) atoms. The highest BCUT2D eigenvalue weighted by molar-refractivity contribution is 5.87. The molecule has 0 bridgehead atoms. The SMILES string of the molecule is CC(C)C[C@@H](/C=C/C(=O)O)CC(=O)[C@H](C)NC(=O)OC(C)(C)C. The largest absolute Gasteiger partial charge is 0.478 e. The Balaban J connectivity index is 4.65. The summed E-state index contributed by atoms with van der Waals surface area (Å²) in [5, 5.41) is 11.2. The van der Waals surface area contributed by atoms with Crippen molar-refractivity contribution in [1.29, 1.82) is 0 Å². The van der Waals surface area contributed by atoms with Gasteiger partial charge in [-0.05, 0) is 46.0 Å². The van der Waals surface area contributed by atoms with E-state index in [1.165, 1.54) is 0 Å². The van der Waals surface area contributed by atoms with Gasteiger partial charge in [0.15, 0.2) is 5.78 Å². The molecule has 0 spiro atoms. The van der Waals surface area contributed by atoms with Gasteiger partial charge in [0.05, 0.1) is 6.04 Å². The number of rotatable bonds is 8. The van der Waals surface area contributed by atoms with Crippen LogP contribution in [0, 0.1) is 11.8 Å². The Kier molecular flexibility index (Phi) is 8.58. The van der Waals surface area contributed by atoms with Gasteiger partial charge in [-0.3, -0.25) is 4.79 Å². The number of hydrogen-bond acceptors (Lipinski definition) is 4. The maximum absolute atomic E-state index is 12.2. The lowest BCUT2D eigenvalue weighted by atomic mass is 9.90. The molecule has 2 atom stereocenters. The number of Topliss-reactive ketones (excluding diaryl/α,β-unsaturated/α-hetero) is 1. The summed E-state index contributed by atoms with van der Waals surface area (Å²) in [6, 6.07) is -0.683. The molecule has 6 nitrogen and oxygen atoms in total. The van der Waals surface area contributed by atoms with Crippen molar-refractivity contribution in [3.8, 4) is 0 Å². The Hall–Kier alpha value is -1.85. The van der Waals surface area contributed by atoms with E-state index in [1.807, 2.05) is 13.8 Å². The van der Waals surface area contributed by atoms with E-state index < -0.39 is 23.7 Å². The van der Waals surface area contributed by atoms with Gasteiger partial charge in [-0.25, -0.2) is 9.59 Å². The van der Waals surface area contributed by atoms with Crippen LogP contribution >= 0.6 is 0 Å². The Morgan fingerprint density at radius 1 is 1.17 bits per heavy atom. The van der Waals surface area contributed by atoms with Crippen LogP contribution in [0.2, 0.25) is 0 Å². The Morgan fingerprint density at radius 3 is 2.17 bits per heavy atom. The normalized spacial score (nSPS) is 14.6. The van der Waals surface area contributed by atoms with Gasteiger partial charge in [-0.2, -0.15) is 0 Å². The molecule has 0 aliphatic carbocycles. The number of carboxylic acid groups (broad SMARTS) is 1. The first-order chi connectivity index (χ1) is 10.4. The van der Waals surface area contributed by atoms with E-state index in [4.69, 9.17) is 9.84 Å². The van der Waals surface area contributed by atoms with E-state index in [2.05, 4.69) is 5.32 Å². The highest BCUT2D eigenvalue weighted by Gasteiger charge is 2.23. The van der Waals surface area contributed by atoms with Crippen molar-refractivity contribution < 1.29 is 24.2 Å². The minimum Gasteiger partial charge on any atom is -0.478 e. The van der Waals surface area contributed by atoms with Gasteiger partial charge in [0.1, 0.15) is 5.60 Å². The second-order valence-electron chi connectivity index (χ2n) is 7.13. The lowest BCUT2D eigenvalue weighted by Gasteiger charge is -2.22. The molecule has 2 N–H and O–H groups in total. The zero-order chi connectivity index (χ0) is 18.2. The number of amides is 1. The van der Waals surface area contributed by atoms with Crippen LogP contribution in [0.5, 0.6) is 0 Å². The summed E-state index contributed by atoms with van der Waals surface area (Å²) < 4.78 is 5.11. The van der Waals surface area contributed by atoms with Crippen LogP contribution in [-0.2, 0) is 14.3 Å². The minimum atomic E-state index is -1.04. The first-order valence-corrected chi connectivity index (χ1v) is 7.84. The molecule has 0 aliphatic rings. The third kappa shape index (κ3) is 11.4. The smallest absolute Gasteiger partial charge is 0.408 e. The van der Waals surface area contributed by atoms with Crippen molar-refractivity contribution in [2.75, 3.05) is 0 Å². The highest BCUT2D eigenvalue weighted by atomic mass is 16.6. The average molecular weight is 327 g/mol. The van der Waals surface area contributed by atoms with Crippen molar-refractivity contribution >= 4 is 17.8 Å². The van der Waals surface area contributed by atoms with Crippen molar-refractivity contribution in [2.45, 2.75) is 66.0 Å². The molecule has 0 aromatic rings. The summed E-state index contributed by atoms with van der Waals surface area (Å²) in [6.45, 7) is 10.8. The number of nitrogens with one attached hydrogen (secondary N) is 1. The van der Waals surface area contributed by atoms with Crippen molar-refractivity contribution in [1.82, 2.24) is 5.32 Å². The molecular formula is C17H29NO5. The molecule has 0 heterocycles. The van der Waals surface area contributed by atoms with E-state index >= 15 is 0 Å². The lowest BCUT2D eigenvalue weighted by Crippen LogP contribution is -2.42. The average Bonchev–Trinajstić information content (AvgIpc) is 2.32. The summed E-state index contributed by atoms with van der Waals surface area (Å²) in [5.41, 5.74) is -0.628. The van der Waals surface area contributed by atoms with E-state index in [1.54, 1.807) is 33.8 Å². The van der Waals surface area contributed by atoms with Crippen LogP contribution in [0.25, 0.3) is 0 Å². The Labute approximate surface area is 138 Å². The van der Waals surface area contributed by atoms with Crippen LogP contribution < -0.4 is 5.32 Å². The third-order valence-electron chi connectivity index (χ3n) is 2.96. The number of aliphatic carboxylic acids is 1. The fourth-order valence-electron chi connectivity index (χ4n) is 2.05. The second kappa shape index (κ2) is 9.33. The van der Waals surface area contributed by atoms with Crippen LogP contribution in [0.1, 0.15) is 54.4 Å². The lowest BCUT2D eigenvalue weighted by molar-refractivity contribution is -0.131. The van der Waals surface area contributed by atoms with Crippen molar-refractivity contribution in [3.63, 3.8) is 0 Å². The van der Waals surface area contributed by atoms with Gasteiger partial charge in [-0.1, -0.05) is 19.9 Å². The molecule has 6 heteroatoms. The predicted molar refractivity (Wildman–Crippen MR) is 88.2 cm³/mol. The van der Waals surface area contributed by atoms with Crippen molar-refractivity contribution in [3.05, 3.63) is 12.2 Å². The molecular weight excluding hydrogens is 298 g/mol. The van der Waals surface area contributed by atoms with Crippen LogP contribution in [0.3, 0.4) is 0 Å². The van der Waals surface area contributed by atoms with E-state index in [-0.39, 0.29) is 18.1 Å². The van der Waals surface area contributed by atoms with Crippen LogP contribution in [-0.4, -0.2) is 34.6 Å². The molecule has 0 saturated heterocycles. The number of ether oxygens (including phenoxy) is 1. The number of ketones is 1. The Morgan fingerprint density at radius 2 is 1.74 bits per heavy atom. The number of carbonyl (C=O) groups excluding carboxylic acids is 2. The zero-order valence-corrected chi connectivity index (χ0v) is 14.9. The molecule has 0 saturated carbocycles. The second-order valence-corrected chi connectivity index (χ2v) is 7.13. The topological polar surface area (TPSA) is 92.7 Å². The molecule has 0 radical (unpaired) electrons. The van der Waals surface area contributed by atoms with Crippen molar-refractivity contribution in [2.24, 2.45) is 11.8 Å². The van der Waals surface area contributed by atoms with E-state index in [0.29, 0.717) is 12.3 Å². The van der Waals surface area contributed by atoms with Crippen LogP contribution in [0.4, 0.5) is 4.79 Å². The van der Waals surface area contributed by atoms with E-state index in [9.17, 15) is 14.4 Å². The summed E-state index contributed by atoms with van der Waals surface area (Å²) in [5.74, 6) is -1.02. The number of carbonyl (C=O) groups is 3. The molecule has 1 amide bonds. The maximum atomic E-state index is 12.2. The standard InChI is InChI=1S/C17H29NO5/c1-11(2)9-13(7-8-15(20)21)10-14(19)12(3)18-16(22)23-17(4,5)6/h7-8,11-13H,9-10H2,1-6H3,(H,18,22)(H,20,21)/b8-7+/t12-,13+/m0/s1. The minimum absolute atomic E-state index is 0.156. The quantitative estimate of drug-likeness (QED) is 0.668. The zero-order valence-electron chi connectivity index (χ0n) is 14.9. The summed E-state index contributed by atoms with van der Waals surface area (Å²) in [6.07, 6.45) is 2.85. The first kappa shape index (κ1) is 21.1. The molecule has 0 aromatic heterocycles. The molecule has 0 aliphatic heterocycles. The van der Waals surface area contributed by atoms with Gasteiger partial charge < -0.3 is 15.2 Å². The highest BCUT2D eigenvalue weighted by Crippen LogP contribution is 2.18. The summed E-state index contributed by atoms with van der Waals surface area (Å²) in [7, 11) is 0. The van der Waals surface area contributed by atoms with Gasteiger partial charge in [0.2, 0.25) is 0 Å². The maximum Gasteiger partial charge on any atom is 0.408 e.